The van der Waals surface area contributed by atoms with E-state index in [-0.39, 0.29) is 6.04 Å². The predicted molar refractivity (Wildman–Crippen MR) is 89.1 cm³/mol. The first kappa shape index (κ1) is 15.6. The summed E-state index contributed by atoms with van der Waals surface area (Å²) in [5, 5.41) is 3.59. The highest BCUT2D eigenvalue weighted by Crippen LogP contribution is 2.27. The van der Waals surface area contributed by atoms with E-state index in [0.29, 0.717) is 0 Å². The summed E-state index contributed by atoms with van der Waals surface area (Å²) in [5.41, 5.74) is 5.24. The number of ether oxygens (including phenoxy) is 1. The summed E-state index contributed by atoms with van der Waals surface area (Å²) in [6.45, 7) is 7.41. The number of aryl methyl sites for hydroxylation is 2. The molecule has 0 radical (unpaired) electrons. The summed E-state index contributed by atoms with van der Waals surface area (Å²) in [7, 11) is 1.71. The molecule has 112 valence electrons. The van der Waals surface area contributed by atoms with Gasteiger partial charge in [-0.1, -0.05) is 44.2 Å². The Kier molecular flexibility index (Phi) is 5.40. The first-order valence-electron chi connectivity index (χ1n) is 7.66. The molecule has 1 atom stereocenters. The first-order chi connectivity index (χ1) is 10.2. The molecule has 2 rings (SSSR count). The van der Waals surface area contributed by atoms with Crippen molar-refractivity contribution in [2.24, 2.45) is 0 Å². The van der Waals surface area contributed by atoms with Crippen LogP contribution in [0.5, 0.6) is 5.75 Å². The van der Waals surface area contributed by atoms with E-state index in [1.807, 2.05) is 6.07 Å². The Hall–Kier alpha value is -1.80. The van der Waals surface area contributed by atoms with Crippen LogP contribution in [0.25, 0.3) is 0 Å². The number of benzene rings is 2. The zero-order valence-electron chi connectivity index (χ0n) is 13.4. The van der Waals surface area contributed by atoms with Crippen LogP contribution in [0, 0.1) is 6.92 Å². The molecule has 0 bridgehead atoms. The second kappa shape index (κ2) is 7.28. The Morgan fingerprint density at radius 2 is 1.76 bits per heavy atom. The molecule has 0 saturated heterocycles. The van der Waals surface area contributed by atoms with Gasteiger partial charge in [-0.2, -0.15) is 0 Å². The van der Waals surface area contributed by atoms with Gasteiger partial charge in [-0.15, -0.1) is 0 Å². The summed E-state index contributed by atoms with van der Waals surface area (Å²) in [4.78, 5) is 0. The molecule has 2 aromatic rings. The van der Waals surface area contributed by atoms with Crippen molar-refractivity contribution in [3.05, 3.63) is 64.7 Å². The fraction of sp³-hybridized carbons (Fsp3) is 0.368. The van der Waals surface area contributed by atoms with Gasteiger partial charge in [-0.3, -0.25) is 0 Å². The number of hydrogen-bond acceptors (Lipinski definition) is 2. The van der Waals surface area contributed by atoms with E-state index < -0.39 is 0 Å². The average Bonchev–Trinajstić information content (AvgIpc) is 2.53. The van der Waals surface area contributed by atoms with Gasteiger partial charge in [0.15, 0.2) is 0 Å². The van der Waals surface area contributed by atoms with Crippen molar-refractivity contribution in [2.45, 2.75) is 33.2 Å². The summed E-state index contributed by atoms with van der Waals surface area (Å²) in [5.74, 6) is 0.910. The SMILES string of the molecule is CCNC(c1ccc(CC)cc1)c1ccc(OC)cc1C. The standard InChI is InChI=1S/C19H25NO/c1-5-15-7-9-16(10-8-15)19(20-6-2)18-12-11-17(21-4)13-14(18)3/h7-13,19-20H,5-6H2,1-4H3. The molecule has 2 nitrogen and oxygen atoms in total. The lowest BCUT2D eigenvalue weighted by Gasteiger charge is -2.21. The van der Waals surface area contributed by atoms with Crippen LogP contribution in [0.15, 0.2) is 42.5 Å². The van der Waals surface area contributed by atoms with Crippen LogP contribution in [0.4, 0.5) is 0 Å². The van der Waals surface area contributed by atoms with Gasteiger partial charge in [-0.25, -0.2) is 0 Å². The van der Waals surface area contributed by atoms with Crippen LogP contribution in [0.3, 0.4) is 0 Å². The fourth-order valence-corrected chi connectivity index (χ4v) is 2.66. The summed E-state index contributed by atoms with van der Waals surface area (Å²) >= 11 is 0. The van der Waals surface area contributed by atoms with E-state index in [0.717, 1.165) is 18.7 Å². The van der Waals surface area contributed by atoms with E-state index in [1.54, 1.807) is 7.11 Å². The first-order valence-corrected chi connectivity index (χ1v) is 7.66. The molecule has 0 aliphatic carbocycles. The van der Waals surface area contributed by atoms with Crippen molar-refractivity contribution < 1.29 is 4.74 Å². The number of nitrogens with one attached hydrogen (secondary N) is 1. The normalized spacial score (nSPS) is 12.2. The Balaban J connectivity index is 2.37. The van der Waals surface area contributed by atoms with Crippen molar-refractivity contribution in [3.8, 4) is 5.75 Å². The fourth-order valence-electron chi connectivity index (χ4n) is 2.66. The monoisotopic (exact) mass is 283 g/mol. The molecule has 1 N–H and O–H groups in total. The third-order valence-electron chi connectivity index (χ3n) is 3.92. The molecule has 0 fully saturated rings. The molecule has 0 aliphatic heterocycles. The molecule has 2 heteroatoms. The van der Waals surface area contributed by atoms with E-state index in [2.05, 4.69) is 62.5 Å². The quantitative estimate of drug-likeness (QED) is 0.855. The third-order valence-corrected chi connectivity index (χ3v) is 3.92. The van der Waals surface area contributed by atoms with Gasteiger partial charge in [0.1, 0.15) is 5.75 Å². The van der Waals surface area contributed by atoms with E-state index in [4.69, 9.17) is 4.74 Å². The van der Waals surface area contributed by atoms with Crippen LogP contribution in [-0.2, 0) is 6.42 Å². The maximum absolute atomic E-state index is 5.31. The number of hydrogen-bond donors (Lipinski definition) is 1. The zero-order valence-corrected chi connectivity index (χ0v) is 13.4. The zero-order chi connectivity index (χ0) is 15.2. The van der Waals surface area contributed by atoms with Gasteiger partial charge in [0.05, 0.1) is 13.2 Å². The second-order valence-corrected chi connectivity index (χ2v) is 5.31. The van der Waals surface area contributed by atoms with Crippen molar-refractivity contribution in [2.75, 3.05) is 13.7 Å². The number of rotatable bonds is 6. The maximum Gasteiger partial charge on any atom is 0.119 e. The smallest absolute Gasteiger partial charge is 0.119 e. The molecule has 0 aliphatic rings. The molecule has 0 saturated carbocycles. The van der Waals surface area contributed by atoms with Gasteiger partial charge in [0.2, 0.25) is 0 Å². The van der Waals surface area contributed by atoms with Crippen LogP contribution >= 0.6 is 0 Å². The van der Waals surface area contributed by atoms with Crippen molar-refractivity contribution in [1.29, 1.82) is 0 Å². The molecule has 0 amide bonds. The van der Waals surface area contributed by atoms with Gasteiger partial charge in [-0.05, 0) is 54.3 Å². The van der Waals surface area contributed by atoms with Crippen molar-refractivity contribution in [3.63, 3.8) is 0 Å². The molecular formula is C19H25NO. The Labute approximate surface area is 128 Å². The minimum absolute atomic E-state index is 0.229. The summed E-state index contributed by atoms with van der Waals surface area (Å²) in [6, 6.07) is 15.4. The summed E-state index contributed by atoms with van der Waals surface area (Å²) < 4.78 is 5.31. The Morgan fingerprint density at radius 1 is 1.05 bits per heavy atom. The molecule has 1 unspecified atom stereocenters. The predicted octanol–water partition coefficient (Wildman–Crippen LogP) is 4.26. The van der Waals surface area contributed by atoms with Gasteiger partial charge < -0.3 is 10.1 Å². The minimum atomic E-state index is 0.229. The molecule has 0 spiro atoms. The second-order valence-electron chi connectivity index (χ2n) is 5.31. The van der Waals surface area contributed by atoms with E-state index in [1.165, 1.54) is 22.3 Å². The maximum atomic E-state index is 5.31. The molecule has 2 aromatic carbocycles. The Bertz CT molecular complexity index is 575. The summed E-state index contributed by atoms with van der Waals surface area (Å²) in [6.07, 6.45) is 1.08. The highest BCUT2D eigenvalue weighted by molar-refractivity contribution is 5.41. The van der Waals surface area contributed by atoms with E-state index in [9.17, 15) is 0 Å². The van der Waals surface area contributed by atoms with E-state index >= 15 is 0 Å². The van der Waals surface area contributed by atoms with Crippen molar-refractivity contribution in [1.82, 2.24) is 5.32 Å². The van der Waals surface area contributed by atoms with Crippen LogP contribution in [0.2, 0.25) is 0 Å². The largest absolute Gasteiger partial charge is 0.497 e. The lowest BCUT2D eigenvalue weighted by molar-refractivity contribution is 0.414. The van der Waals surface area contributed by atoms with Crippen LogP contribution in [0.1, 0.15) is 42.1 Å². The molecule has 21 heavy (non-hydrogen) atoms. The third kappa shape index (κ3) is 3.64. The van der Waals surface area contributed by atoms with Gasteiger partial charge in [0, 0.05) is 0 Å². The molecular weight excluding hydrogens is 258 g/mol. The topological polar surface area (TPSA) is 21.3 Å². The lowest BCUT2D eigenvalue weighted by atomic mass is 9.94. The lowest BCUT2D eigenvalue weighted by Crippen LogP contribution is -2.22. The average molecular weight is 283 g/mol. The minimum Gasteiger partial charge on any atom is -0.497 e. The highest BCUT2D eigenvalue weighted by Gasteiger charge is 2.15. The van der Waals surface area contributed by atoms with Crippen LogP contribution in [-0.4, -0.2) is 13.7 Å². The Morgan fingerprint density at radius 3 is 2.29 bits per heavy atom. The van der Waals surface area contributed by atoms with Gasteiger partial charge in [0.25, 0.3) is 0 Å². The van der Waals surface area contributed by atoms with Crippen LogP contribution < -0.4 is 10.1 Å². The molecule has 0 aromatic heterocycles. The van der Waals surface area contributed by atoms with Gasteiger partial charge >= 0.3 is 0 Å². The highest BCUT2D eigenvalue weighted by atomic mass is 16.5. The number of methoxy groups -OCH3 is 1. The van der Waals surface area contributed by atoms with Crippen molar-refractivity contribution >= 4 is 0 Å². The molecule has 0 heterocycles.